The normalized spacial score (nSPS) is 19.2. The van der Waals surface area contributed by atoms with Crippen LogP contribution in [-0.4, -0.2) is 27.1 Å². The van der Waals surface area contributed by atoms with E-state index in [0.717, 1.165) is 17.5 Å². The molecule has 86 valence electrons. The molecule has 0 atom stereocenters. The smallest absolute Gasteiger partial charge is 0.178 e. The number of sulfone groups is 1. The summed E-state index contributed by atoms with van der Waals surface area (Å²) in [6.07, 6.45) is 1.47. The van der Waals surface area contributed by atoms with Crippen LogP contribution in [0.1, 0.15) is 17.5 Å². The average molecular weight is 238 g/mol. The zero-order valence-corrected chi connectivity index (χ0v) is 9.92. The highest BCUT2D eigenvalue weighted by Gasteiger charge is 2.23. The van der Waals surface area contributed by atoms with Gasteiger partial charge in [0.15, 0.2) is 9.84 Å². The standard InChI is InChI=1S/C11H14N2O2S/c1-13-11(12)9-4-5-10-8(7-9)3-2-6-16(10,14)15/h4-5,7H,2-3,6H2,1H3,(H2,12,13). The van der Waals surface area contributed by atoms with Crippen molar-refractivity contribution in [3.8, 4) is 0 Å². The van der Waals surface area contributed by atoms with Gasteiger partial charge in [-0.1, -0.05) is 0 Å². The number of amidine groups is 1. The van der Waals surface area contributed by atoms with Crippen LogP contribution in [0.4, 0.5) is 0 Å². The maximum absolute atomic E-state index is 11.8. The van der Waals surface area contributed by atoms with Crippen molar-refractivity contribution in [2.45, 2.75) is 17.7 Å². The first-order valence-electron chi connectivity index (χ1n) is 5.13. The summed E-state index contributed by atoms with van der Waals surface area (Å²) < 4.78 is 23.5. The number of nitrogens with two attached hydrogens (primary N) is 1. The lowest BCUT2D eigenvalue weighted by Gasteiger charge is -2.16. The largest absolute Gasteiger partial charge is 0.384 e. The van der Waals surface area contributed by atoms with Crippen LogP contribution in [0.15, 0.2) is 28.1 Å². The summed E-state index contributed by atoms with van der Waals surface area (Å²) >= 11 is 0. The highest BCUT2D eigenvalue weighted by atomic mass is 32.2. The molecule has 2 rings (SSSR count). The van der Waals surface area contributed by atoms with Crippen molar-refractivity contribution in [2.24, 2.45) is 10.7 Å². The van der Waals surface area contributed by atoms with Crippen molar-refractivity contribution in [3.63, 3.8) is 0 Å². The van der Waals surface area contributed by atoms with Crippen LogP contribution in [0.2, 0.25) is 0 Å². The average Bonchev–Trinajstić information content (AvgIpc) is 2.27. The van der Waals surface area contributed by atoms with Gasteiger partial charge in [-0.05, 0) is 36.6 Å². The van der Waals surface area contributed by atoms with Gasteiger partial charge >= 0.3 is 0 Å². The first-order chi connectivity index (χ1) is 7.54. The van der Waals surface area contributed by atoms with Gasteiger partial charge < -0.3 is 5.73 Å². The summed E-state index contributed by atoms with van der Waals surface area (Å²) in [5.41, 5.74) is 7.34. The fourth-order valence-electron chi connectivity index (χ4n) is 1.93. The molecule has 5 heteroatoms. The van der Waals surface area contributed by atoms with Crippen molar-refractivity contribution < 1.29 is 8.42 Å². The maximum Gasteiger partial charge on any atom is 0.178 e. The zero-order valence-electron chi connectivity index (χ0n) is 9.10. The van der Waals surface area contributed by atoms with Gasteiger partial charge in [-0.25, -0.2) is 8.42 Å². The molecule has 0 radical (unpaired) electrons. The Kier molecular flexibility index (Phi) is 2.71. The highest BCUT2D eigenvalue weighted by molar-refractivity contribution is 7.91. The van der Waals surface area contributed by atoms with Crippen molar-refractivity contribution >= 4 is 15.7 Å². The van der Waals surface area contributed by atoms with E-state index in [1.165, 1.54) is 0 Å². The van der Waals surface area contributed by atoms with Gasteiger partial charge in [0.05, 0.1) is 10.6 Å². The Hall–Kier alpha value is -1.36. The van der Waals surface area contributed by atoms with Crippen LogP contribution >= 0.6 is 0 Å². The molecule has 16 heavy (non-hydrogen) atoms. The van der Waals surface area contributed by atoms with Gasteiger partial charge in [0.2, 0.25) is 0 Å². The number of hydrogen-bond acceptors (Lipinski definition) is 3. The second-order valence-corrected chi connectivity index (χ2v) is 5.93. The molecule has 1 aromatic rings. The SMILES string of the molecule is CN=C(N)c1ccc2c(c1)CCCS2(=O)=O. The lowest BCUT2D eigenvalue weighted by atomic mass is 10.1. The number of hydrogen-bond donors (Lipinski definition) is 1. The molecular weight excluding hydrogens is 224 g/mol. The molecule has 0 fully saturated rings. The molecule has 2 N–H and O–H groups in total. The molecule has 0 spiro atoms. The molecule has 0 aromatic heterocycles. The van der Waals surface area contributed by atoms with Crippen molar-refractivity contribution in [1.82, 2.24) is 0 Å². The summed E-state index contributed by atoms with van der Waals surface area (Å²) in [5.74, 6) is 0.683. The lowest BCUT2D eigenvalue weighted by molar-refractivity contribution is 0.586. The number of nitrogens with zero attached hydrogens (tertiary/aromatic N) is 1. The second kappa shape index (κ2) is 3.90. The molecule has 0 aliphatic carbocycles. The van der Waals surface area contributed by atoms with E-state index in [2.05, 4.69) is 4.99 Å². The summed E-state index contributed by atoms with van der Waals surface area (Å²) in [5, 5.41) is 0. The van der Waals surface area contributed by atoms with Crippen molar-refractivity contribution in [1.29, 1.82) is 0 Å². The lowest BCUT2D eigenvalue weighted by Crippen LogP contribution is -2.18. The van der Waals surface area contributed by atoms with E-state index in [1.807, 2.05) is 6.07 Å². The summed E-state index contributed by atoms with van der Waals surface area (Å²) in [7, 11) is -1.46. The minimum atomic E-state index is -3.07. The van der Waals surface area contributed by atoms with Gasteiger partial charge in [0.1, 0.15) is 5.84 Å². The Bertz CT molecular complexity index is 547. The van der Waals surface area contributed by atoms with Crippen LogP contribution in [0.5, 0.6) is 0 Å². The molecule has 0 saturated heterocycles. The van der Waals surface area contributed by atoms with Crippen LogP contribution < -0.4 is 5.73 Å². The predicted molar refractivity (Wildman–Crippen MR) is 63.5 cm³/mol. The third-order valence-corrected chi connectivity index (χ3v) is 4.69. The fraction of sp³-hybridized carbons (Fsp3) is 0.364. The molecule has 1 aliphatic heterocycles. The molecular formula is C11H14N2O2S. The second-order valence-electron chi connectivity index (χ2n) is 3.85. The number of benzene rings is 1. The zero-order chi connectivity index (χ0) is 11.8. The topological polar surface area (TPSA) is 72.5 Å². The number of fused-ring (bicyclic) bond motifs is 1. The Morgan fingerprint density at radius 3 is 2.88 bits per heavy atom. The molecule has 0 saturated carbocycles. The van der Waals surface area contributed by atoms with E-state index in [1.54, 1.807) is 19.2 Å². The molecule has 1 heterocycles. The highest BCUT2D eigenvalue weighted by Crippen LogP contribution is 2.25. The van der Waals surface area contributed by atoms with Gasteiger partial charge in [-0.15, -0.1) is 0 Å². The van der Waals surface area contributed by atoms with Crippen molar-refractivity contribution in [2.75, 3.05) is 12.8 Å². The van der Waals surface area contributed by atoms with E-state index in [0.29, 0.717) is 17.2 Å². The number of aryl methyl sites for hydroxylation is 1. The van der Waals surface area contributed by atoms with E-state index in [4.69, 9.17) is 5.73 Å². The molecule has 1 aromatic carbocycles. The van der Waals surface area contributed by atoms with Crippen LogP contribution in [-0.2, 0) is 16.3 Å². The van der Waals surface area contributed by atoms with Gasteiger partial charge in [0.25, 0.3) is 0 Å². The van der Waals surface area contributed by atoms with Crippen LogP contribution in [0.3, 0.4) is 0 Å². The summed E-state index contributed by atoms with van der Waals surface area (Å²) in [6.45, 7) is 0. The van der Waals surface area contributed by atoms with Gasteiger partial charge in [0, 0.05) is 12.6 Å². The van der Waals surface area contributed by atoms with Crippen molar-refractivity contribution in [3.05, 3.63) is 29.3 Å². The van der Waals surface area contributed by atoms with E-state index in [9.17, 15) is 8.42 Å². The molecule has 0 bridgehead atoms. The monoisotopic (exact) mass is 238 g/mol. The van der Waals surface area contributed by atoms with E-state index < -0.39 is 9.84 Å². The van der Waals surface area contributed by atoms with Gasteiger partial charge in [-0.3, -0.25) is 4.99 Å². The first-order valence-corrected chi connectivity index (χ1v) is 6.78. The number of aliphatic imine (C=N–C) groups is 1. The minimum Gasteiger partial charge on any atom is -0.384 e. The van der Waals surface area contributed by atoms with Crippen LogP contribution in [0.25, 0.3) is 0 Å². The Balaban J connectivity index is 2.56. The molecule has 1 aliphatic rings. The Labute approximate surface area is 95.1 Å². The first kappa shape index (κ1) is 11.1. The third kappa shape index (κ3) is 1.82. The van der Waals surface area contributed by atoms with Crippen LogP contribution in [0, 0.1) is 0 Å². The van der Waals surface area contributed by atoms with E-state index >= 15 is 0 Å². The Morgan fingerprint density at radius 1 is 1.44 bits per heavy atom. The fourth-order valence-corrected chi connectivity index (χ4v) is 3.51. The quantitative estimate of drug-likeness (QED) is 0.579. The van der Waals surface area contributed by atoms with E-state index in [-0.39, 0.29) is 5.75 Å². The molecule has 0 unspecified atom stereocenters. The summed E-state index contributed by atoms with van der Waals surface area (Å²) in [6, 6.07) is 5.18. The maximum atomic E-state index is 11.8. The molecule has 0 amide bonds. The minimum absolute atomic E-state index is 0.247. The summed E-state index contributed by atoms with van der Waals surface area (Å²) in [4.78, 5) is 4.34. The third-order valence-electron chi connectivity index (χ3n) is 2.79. The van der Waals surface area contributed by atoms with Gasteiger partial charge in [-0.2, -0.15) is 0 Å². The molecule has 4 nitrogen and oxygen atoms in total. The Morgan fingerprint density at radius 2 is 2.19 bits per heavy atom. The predicted octanol–water partition coefficient (Wildman–Crippen LogP) is 0.742. The number of rotatable bonds is 1.